The summed E-state index contributed by atoms with van der Waals surface area (Å²) in [4.78, 5) is 12.0. The molecule has 0 fully saturated rings. The van der Waals surface area contributed by atoms with Crippen LogP contribution >= 0.6 is 0 Å². The maximum atomic E-state index is 12.0. The highest BCUT2D eigenvalue weighted by molar-refractivity contribution is 5.99. The second-order valence-corrected chi connectivity index (χ2v) is 5.24. The molecule has 1 rings (SSSR count). The number of nitrogens with zero attached hydrogens (tertiary/aromatic N) is 2. The van der Waals surface area contributed by atoms with Crippen LogP contribution < -0.4 is 11.1 Å². The minimum Gasteiger partial charge on any atom is -0.397 e. The highest BCUT2D eigenvalue weighted by Crippen LogP contribution is 2.19. The Labute approximate surface area is 112 Å². The van der Waals surface area contributed by atoms with Crippen LogP contribution in [0.25, 0.3) is 0 Å². The van der Waals surface area contributed by atoms with E-state index < -0.39 is 0 Å². The van der Waals surface area contributed by atoms with Crippen LogP contribution in [0.15, 0.2) is 12.1 Å². The largest absolute Gasteiger partial charge is 0.397 e. The summed E-state index contributed by atoms with van der Waals surface area (Å²) in [5.74, 6) is -0.178. The number of benzene rings is 1. The highest BCUT2D eigenvalue weighted by Gasteiger charge is 2.15. The third-order valence-corrected chi connectivity index (χ3v) is 2.52. The molecule has 1 aromatic carbocycles. The van der Waals surface area contributed by atoms with Gasteiger partial charge in [-0.05, 0) is 32.9 Å². The first-order chi connectivity index (χ1) is 8.78. The van der Waals surface area contributed by atoms with Crippen LogP contribution in [0.4, 0.5) is 5.69 Å². The molecule has 0 aromatic heterocycles. The lowest BCUT2D eigenvalue weighted by molar-refractivity contribution is 0.0982. The summed E-state index contributed by atoms with van der Waals surface area (Å²) in [6.45, 7) is 5.99. The molecule has 0 saturated carbocycles. The molecule has 0 saturated heterocycles. The van der Waals surface area contributed by atoms with E-state index in [1.165, 1.54) is 12.1 Å². The van der Waals surface area contributed by atoms with Gasteiger partial charge in [0.1, 0.15) is 12.1 Å². The fourth-order valence-corrected chi connectivity index (χ4v) is 1.45. The maximum absolute atomic E-state index is 12.0. The van der Waals surface area contributed by atoms with E-state index in [4.69, 9.17) is 16.3 Å². The minimum atomic E-state index is -0.181. The first kappa shape index (κ1) is 14.7. The van der Waals surface area contributed by atoms with Gasteiger partial charge in [-0.15, -0.1) is 0 Å². The predicted molar refractivity (Wildman–Crippen MR) is 72.4 cm³/mol. The monoisotopic (exact) mass is 256 g/mol. The summed E-state index contributed by atoms with van der Waals surface area (Å²) < 4.78 is 0. The Kier molecular flexibility index (Phi) is 4.26. The normalized spacial score (nSPS) is 10.6. The molecule has 1 aromatic rings. The van der Waals surface area contributed by atoms with Gasteiger partial charge < -0.3 is 11.1 Å². The predicted octanol–water partition coefficient (Wildman–Crippen LogP) is 1.58. The van der Waals surface area contributed by atoms with Gasteiger partial charge in [0.25, 0.3) is 0 Å². The average Bonchev–Trinajstić information content (AvgIpc) is 2.35. The molecule has 0 amide bonds. The van der Waals surface area contributed by atoms with Crippen molar-refractivity contribution in [3.8, 4) is 12.1 Å². The Bertz CT molecular complexity index is 550. The van der Waals surface area contributed by atoms with Crippen LogP contribution in [0, 0.1) is 22.7 Å². The molecule has 0 aliphatic heterocycles. The van der Waals surface area contributed by atoms with Crippen molar-refractivity contribution in [2.24, 2.45) is 0 Å². The SMILES string of the molecule is CC(C)(C)NCC(=O)c1cc(C#N)c(N)c(C#N)c1. The van der Waals surface area contributed by atoms with E-state index in [-0.39, 0.29) is 34.7 Å². The topological polar surface area (TPSA) is 103 Å². The van der Waals surface area contributed by atoms with Gasteiger partial charge in [-0.3, -0.25) is 4.79 Å². The molecule has 3 N–H and O–H groups in total. The van der Waals surface area contributed by atoms with Gasteiger partial charge >= 0.3 is 0 Å². The average molecular weight is 256 g/mol. The summed E-state index contributed by atoms with van der Waals surface area (Å²) >= 11 is 0. The van der Waals surface area contributed by atoms with Crippen LogP contribution in [0.1, 0.15) is 42.3 Å². The van der Waals surface area contributed by atoms with Crippen LogP contribution in [-0.2, 0) is 0 Å². The number of anilines is 1. The van der Waals surface area contributed by atoms with Crippen molar-refractivity contribution in [3.63, 3.8) is 0 Å². The molecule has 0 aliphatic rings. The van der Waals surface area contributed by atoms with E-state index in [2.05, 4.69) is 5.32 Å². The number of carbonyl (C=O) groups is 1. The molecule has 0 radical (unpaired) electrons. The van der Waals surface area contributed by atoms with Gasteiger partial charge in [0.2, 0.25) is 0 Å². The van der Waals surface area contributed by atoms with Crippen molar-refractivity contribution >= 4 is 11.5 Å². The van der Waals surface area contributed by atoms with Gasteiger partial charge in [-0.25, -0.2) is 0 Å². The van der Waals surface area contributed by atoms with Crippen LogP contribution in [0.3, 0.4) is 0 Å². The maximum Gasteiger partial charge on any atom is 0.176 e. The lowest BCUT2D eigenvalue weighted by Gasteiger charge is -2.19. The minimum absolute atomic E-state index is 0.116. The Balaban J connectivity index is 3.06. The number of ketones is 1. The van der Waals surface area contributed by atoms with Gasteiger partial charge in [0.15, 0.2) is 5.78 Å². The van der Waals surface area contributed by atoms with Crippen LogP contribution in [0.2, 0.25) is 0 Å². The molecular weight excluding hydrogens is 240 g/mol. The summed E-state index contributed by atoms with van der Waals surface area (Å²) in [5.41, 5.74) is 6.20. The quantitative estimate of drug-likeness (QED) is 0.631. The molecule has 0 heterocycles. The second kappa shape index (κ2) is 5.51. The first-order valence-corrected chi connectivity index (χ1v) is 5.80. The lowest BCUT2D eigenvalue weighted by atomic mass is 10.0. The van der Waals surface area contributed by atoms with Crippen molar-refractivity contribution in [3.05, 3.63) is 28.8 Å². The molecule has 0 bridgehead atoms. The molecular formula is C14H16N4O. The molecule has 19 heavy (non-hydrogen) atoms. The molecule has 98 valence electrons. The number of nitrogens with one attached hydrogen (secondary N) is 1. The first-order valence-electron chi connectivity index (χ1n) is 5.80. The van der Waals surface area contributed by atoms with Crippen molar-refractivity contribution in [2.45, 2.75) is 26.3 Å². The zero-order valence-electron chi connectivity index (χ0n) is 11.2. The highest BCUT2D eigenvalue weighted by atomic mass is 16.1. The Morgan fingerprint density at radius 2 is 1.74 bits per heavy atom. The van der Waals surface area contributed by atoms with Gasteiger partial charge in [0.05, 0.1) is 23.4 Å². The van der Waals surface area contributed by atoms with Crippen molar-refractivity contribution in [1.29, 1.82) is 10.5 Å². The second-order valence-electron chi connectivity index (χ2n) is 5.24. The Morgan fingerprint density at radius 1 is 1.26 bits per heavy atom. The molecule has 0 aliphatic carbocycles. The van der Waals surface area contributed by atoms with Gasteiger partial charge in [-0.2, -0.15) is 10.5 Å². The van der Waals surface area contributed by atoms with Crippen molar-refractivity contribution < 1.29 is 4.79 Å². The van der Waals surface area contributed by atoms with E-state index in [0.29, 0.717) is 5.56 Å². The van der Waals surface area contributed by atoms with Crippen molar-refractivity contribution in [2.75, 3.05) is 12.3 Å². The summed E-state index contributed by atoms with van der Waals surface area (Å²) in [5, 5.41) is 20.9. The zero-order chi connectivity index (χ0) is 14.6. The van der Waals surface area contributed by atoms with E-state index in [0.717, 1.165) is 0 Å². The van der Waals surface area contributed by atoms with E-state index in [9.17, 15) is 4.79 Å². The summed E-state index contributed by atoms with van der Waals surface area (Å²) in [7, 11) is 0. The number of hydrogen-bond donors (Lipinski definition) is 2. The summed E-state index contributed by atoms with van der Waals surface area (Å²) in [6.07, 6.45) is 0. The smallest absolute Gasteiger partial charge is 0.176 e. The number of carbonyl (C=O) groups excluding carboxylic acids is 1. The van der Waals surface area contributed by atoms with E-state index >= 15 is 0 Å². The fraction of sp³-hybridized carbons (Fsp3) is 0.357. The summed E-state index contributed by atoms with van der Waals surface area (Å²) in [6, 6.07) is 6.62. The number of nitrogen functional groups attached to an aromatic ring is 1. The molecule has 0 unspecified atom stereocenters. The molecule has 5 nitrogen and oxygen atoms in total. The fourth-order valence-electron chi connectivity index (χ4n) is 1.45. The molecule has 0 atom stereocenters. The van der Waals surface area contributed by atoms with Crippen LogP contribution in [-0.4, -0.2) is 17.9 Å². The standard InChI is InChI=1S/C14H16N4O/c1-14(2,3)18-8-12(19)9-4-10(6-15)13(17)11(5-9)7-16/h4-5,18H,8,17H2,1-3H3. The third-order valence-electron chi connectivity index (χ3n) is 2.52. The molecule has 0 spiro atoms. The van der Waals surface area contributed by atoms with Crippen LogP contribution in [0.5, 0.6) is 0 Å². The number of nitrogens with two attached hydrogens (primary N) is 1. The number of rotatable bonds is 3. The third kappa shape index (κ3) is 3.80. The lowest BCUT2D eigenvalue weighted by Crippen LogP contribution is -2.39. The number of Topliss-reactive ketones (excluding diaryl/α,β-unsaturated/α-hetero) is 1. The van der Waals surface area contributed by atoms with E-state index in [1.54, 1.807) is 0 Å². The Hall–Kier alpha value is -2.37. The molecule has 5 heteroatoms. The number of nitriles is 2. The van der Waals surface area contributed by atoms with Crippen molar-refractivity contribution in [1.82, 2.24) is 5.32 Å². The Morgan fingerprint density at radius 3 is 2.11 bits per heavy atom. The number of hydrogen-bond acceptors (Lipinski definition) is 5. The zero-order valence-corrected chi connectivity index (χ0v) is 11.2. The van der Waals surface area contributed by atoms with E-state index in [1.807, 2.05) is 32.9 Å². The van der Waals surface area contributed by atoms with Gasteiger partial charge in [0, 0.05) is 11.1 Å². The van der Waals surface area contributed by atoms with Gasteiger partial charge in [-0.1, -0.05) is 0 Å².